The summed E-state index contributed by atoms with van der Waals surface area (Å²) >= 11 is 0. The molecule has 0 aliphatic rings. The van der Waals surface area contributed by atoms with Crippen molar-refractivity contribution in [2.45, 2.75) is 26.8 Å². The highest BCUT2D eigenvalue weighted by atomic mass is 16.5. The number of amides is 1. The van der Waals surface area contributed by atoms with Crippen LogP contribution in [0.15, 0.2) is 47.0 Å². The number of primary amides is 1. The zero-order valence-corrected chi connectivity index (χ0v) is 13.2. The molecule has 2 heterocycles. The zero-order chi connectivity index (χ0) is 16.4. The molecule has 0 aliphatic carbocycles. The van der Waals surface area contributed by atoms with E-state index in [1.807, 2.05) is 43.3 Å². The van der Waals surface area contributed by atoms with Crippen LogP contribution in [0.25, 0.3) is 22.7 Å². The molecule has 0 spiro atoms. The number of nitrogens with two attached hydrogens (primary N) is 1. The van der Waals surface area contributed by atoms with Gasteiger partial charge in [0.05, 0.1) is 11.3 Å². The third-order valence-corrected chi connectivity index (χ3v) is 3.91. The summed E-state index contributed by atoms with van der Waals surface area (Å²) in [5.41, 5.74) is 9.37. The van der Waals surface area contributed by atoms with Crippen molar-refractivity contribution in [2.24, 2.45) is 5.73 Å². The summed E-state index contributed by atoms with van der Waals surface area (Å²) in [5, 5.41) is 4.17. The van der Waals surface area contributed by atoms with Crippen LogP contribution in [0.2, 0.25) is 0 Å². The lowest BCUT2D eigenvalue weighted by molar-refractivity contribution is 0.0999. The van der Waals surface area contributed by atoms with Gasteiger partial charge in [0.1, 0.15) is 5.69 Å². The van der Waals surface area contributed by atoms with Crippen LogP contribution in [-0.2, 0) is 6.54 Å². The summed E-state index contributed by atoms with van der Waals surface area (Å²) in [4.78, 5) is 11.6. The number of hydrogen-bond donors (Lipinski definition) is 1. The van der Waals surface area contributed by atoms with Crippen LogP contribution in [0.1, 0.15) is 29.4 Å². The predicted molar refractivity (Wildman–Crippen MR) is 88.9 cm³/mol. The van der Waals surface area contributed by atoms with E-state index in [1.54, 1.807) is 6.07 Å². The number of carbonyl (C=O) groups excluding carboxylic acids is 1. The van der Waals surface area contributed by atoms with Crippen molar-refractivity contribution in [1.82, 2.24) is 9.72 Å². The molecule has 2 N–H and O–H groups in total. The molecule has 3 aromatic rings. The molecule has 0 saturated heterocycles. The van der Waals surface area contributed by atoms with Crippen LogP contribution < -0.4 is 5.73 Å². The number of rotatable bonds is 5. The maximum atomic E-state index is 11.6. The summed E-state index contributed by atoms with van der Waals surface area (Å²) in [5.74, 6) is 0.272. The average Bonchev–Trinajstić information content (AvgIpc) is 3.15. The van der Waals surface area contributed by atoms with Crippen LogP contribution in [0, 0.1) is 6.92 Å². The molecule has 0 fully saturated rings. The van der Waals surface area contributed by atoms with Crippen molar-refractivity contribution in [2.75, 3.05) is 0 Å². The molecular weight excluding hydrogens is 290 g/mol. The lowest BCUT2D eigenvalue weighted by atomic mass is 10.1. The van der Waals surface area contributed by atoms with Crippen molar-refractivity contribution in [3.63, 3.8) is 0 Å². The minimum Gasteiger partial charge on any atom is -0.366 e. The monoisotopic (exact) mass is 309 g/mol. The Morgan fingerprint density at radius 1 is 1.26 bits per heavy atom. The summed E-state index contributed by atoms with van der Waals surface area (Å²) in [7, 11) is 0. The summed E-state index contributed by atoms with van der Waals surface area (Å²) in [6, 6.07) is 13.5. The number of carbonyl (C=O) groups is 1. The van der Waals surface area contributed by atoms with Gasteiger partial charge in [-0.05, 0) is 19.4 Å². The molecule has 0 radical (unpaired) electrons. The Kier molecular flexibility index (Phi) is 4.02. The lowest BCUT2D eigenvalue weighted by Gasteiger charge is -2.08. The van der Waals surface area contributed by atoms with E-state index in [9.17, 15) is 4.79 Å². The summed E-state index contributed by atoms with van der Waals surface area (Å²) in [6.45, 7) is 4.78. The fraction of sp³-hybridized carbons (Fsp3) is 0.222. The van der Waals surface area contributed by atoms with Crippen LogP contribution >= 0.6 is 0 Å². The quantitative estimate of drug-likeness (QED) is 0.782. The number of benzene rings is 1. The zero-order valence-electron chi connectivity index (χ0n) is 13.2. The third kappa shape index (κ3) is 2.77. The first kappa shape index (κ1) is 15.1. The first-order chi connectivity index (χ1) is 11.1. The van der Waals surface area contributed by atoms with Crippen molar-refractivity contribution in [3.05, 3.63) is 53.7 Å². The van der Waals surface area contributed by atoms with E-state index >= 15 is 0 Å². The standard InChI is InChI=1S/C18H19N3O2/c1-3-9-21-12(2)14(18(19)22)10-16(21)15-11-17(23-20-15)13-7-5-4-6-8-13/h4-8,10-11H,3,9H2,1-2H3,(H2,19,22). The number of hydrogen-bond acceptors (Lipinski definition) is 3. The second-order valence-corrected chi connectivity index (χ2v) is 5.49. The van der Waals surface area contributed by atoms with Crippen molar-refractivity contribution in [1.29, 1.82) is 0 Å². The van der Waals surface area contributed by atoms with Gasteiger partial charge in [-0.2, -0.15) is 0 Å². The second-order valence-electron chi connectivity index (χ2n) is 5.49. The van der Waals surface area contributed by atoms with Gasteiger partial charge in [0.15, 0.2) is 5.76 Å². The summed E-state index contributed by atoms with van der Waals surface area (Å²) in [6.07, 6.45) is 0.949. The van der Waals surface area contributed by atoms with Gasteiger partial charge in [0, 0.05) is 23.9 Å². The Morgan fingerprint density at radius 3 is 2.65 bits per heavy atom. The largest absolute Gasteiger partial charge is 0.366 e. The van der Waals surface area contributed by atoms with Gasteiger partial charge in [-0.15, -0.1) is 0 Å². The Labute approximate surface area is 134 Å². The average molecular weight is 309 g/mol. The molecule has 118 valence electrons. The number of aromatic nitrogens is 2. The Morgan fingerprint density at radius 2 is 2.00 bits per heavy atom. The van der Waals surface area contributed by atoms with E-state index in [2.05, 4.69) is 16.6 Å². The van der Waals surface area contributed by atoms with Gasteiger partial charge in [0.2, 0.25) is 0 Å². The predicted octanol–water partition coefficient (Wildman–Crippen LogP) is 3.63. The molecule has 3 rings (SSSR count). The lowest BCUT2D eigenvalue weighted by Crippen LogP contribution is -2.12. The molecule has 0 aliphatic heterocycles. The molecule has 23 heavy (non-hydrogen) atoms. The van der Waals surface area contributed by atoms with E-state index in [-0.39, 0.29) is 0 Å². The summed E-state index contributed by atoms with van der Waals surface area (Å²) < 4.78 is 7.53. The van der Waals surface area contributed by atoms with Gasteiger partial charge in [-0.3, -0.25) is 4.79 Å². The van der Waals surface area contributed by atoms with E-state index in [0.29, 0.717) is 17.0 Å². The second kappa shape index (κ2) is 6.12. The molecule has 2 aromatic heterocycles. The van der Waals surface area contributed by atoms with Gasteiger partial charge in [-0.25, -0.2) is 0 Å². The first-order valence-electron chi connectivity index (χ1n) is 7.64. The highest BCUT2D eigenvalue weighted by Crippen LogP contribution is 2.29. The SMILES string of the molecule is CCCn1c(-c2cc(-c3ccccc3)on2)cc(C(N)=O)c1C. The normalized spacial score (nSPS) is 10.9. The van der Waals surface area contributed by atoms with Crippen LogP contribution in [0.5, 0.6) is 0 Å². The molecular formula is C18H19N3O2. The smallest absolute Gasteiger partial charge is 0.250 e. The van der Waals surface area contributed by atoms with E-state index in [0.717, 1.165) is 29.9 Å². The highest BCUT2D eigenvalue weighted by molar-refractivity contribution is 5.95. The maximum Gasteiger partial charge on any atom is 0.250 e. The van der Waals surface area contributed by atoms with Gasteiger partial charge in [-0.1, -0.05) is 42.4 Å². The molecule has 1 amide bonds. The van der Waals surface area contributed by atoms with Crippen LogP contribution in [0.3, 0.4) is 0 Å². The van der Waals surface area contributed by atoms with Crippen molar-refractivity contribution in [3.8, 4) is 22.7 Å². The van der Waals surface area contributed by atoms with Crippen LogP contribution in [0.4, 0.5) is 0 Å². The van der Waals surface area contributed by atoms with E-state index in [1.165, 1.54) is 0 Å². The third-order valence-electron chi connectivity index (χ3n) is 3.91. The topological polar surface area (TPSA) is 74.1 Å². The molecule has 0 atom stereocenters. The van der Waals surface area contributed by atoms with Crippen molar-refractivity contribution >= 4 is 5.91 Å². The van der Waals surface area contributed by atoms with Crippen LogP contribution in [-0.4, -0.2) is 15.6 Å². The van der Waals surface area contributed by atoms with Gasteiger partial charge < -0.3 is 14.8 Å². The van der Waals surface area contributed by atoms with Gasteiger partial charge in [0.25, 0.3) is 5.91 Å². The molecule has 0 bridgehead atoms. The molecule has 5 nitrogen and oxygen atoms in total. The minimum atomic E-state index is -0.426. The Bertz CT molecular complexity index is 831. The molecule has 1 aromatic carbocycles. The Hall–Kier alpha value is -2.82. The van der Waals surface area contributed by atoms with Crippen molar-refractivity contribution < 1.29 is 9.32 Å². The Balaban J connectivity index is 2.07. The number of nitrogens with zero attached hydrogens (tertiary/aromatic N) is 2. The molecule has 0 unspecified atom stereocenters. The molecule has 0 saturated carbocycles. The minimum absolute atomic E-state index is 0.426. The fourth-order valence-corrected chi connectivity index (χ4v) is 2.75. The molecule has 5 heteroatoms. The maximum absolute atomic E-state index is 11.6. The first-order valence-corrected chi connectivity index (χ1v) is 7.64. The fourth-order valence-electron chi connectivity index (χ4n) is 2.75. The van der Waals surface area contributed by atoms with Gasteiger partial charge >= 0.3 is 0 Å². The van der Waals surface area contributed by atoms with E-state index < -0.39 is 5.91 Å². The van der Waals surface area contributed by atoms with E-state index in [4.69, 9.17) is 10.3 Å². The highest BCUT2D eigenvalue weighted by Gasteiger charge is 2.19.